The van der Waals surface area contributed by atoms with Crippen LogP contribution in [0.3, 0.4) is 0 Å². The molecule has 1 aliphatic carbocycles. The van der Waals surface area contributed by atoms with E-state index in [2.05, 4.69) is 29.2 Å². The fourth-order valence-electron chi connectivity index (χ4n) is 4.90. The molecule has 2 aliphatic heterocycles. The topological polar surface area (TPSA) is 58.8 Å². The molecule has 5 heteroatoms. The van der Waals surface area contributed by atoms with Crippen molar-refractivity contribution in [1.82, 2.24) is 9.80 Å². The fraction of sp³-hybridized carbons (Fsp3) is 0.708. The normalized spacial score (nSPS) is 23.7. The first-order valence-corrected chi connectivity index (χ1v) is 11.2. The van der Waals surface area contributed by atoms with Crippen molar-refractivity contribution in [3.05, 3.63) is 35.4 Å². The molecule has 1 amide bonds. The van der Waals surface area contributed by atoms with E-state index in [1.165, 1.54) is 30.4 Å². The van der Waals surface area contributed by atoms with Gasteiger partial charge in [0.25, 0.3) is 0 Å². The summed E-state index contributed by atoms with van der Waals surface area (Å²) in [7, 11) is 0. The number of nitrogens with two attached hydrogens (primary N) is 1. The third-order valence-corrected chi connectivity index (χ3v) is 6.71. The number of amides is 1. The summed E-state index contributed by atoms with van der Waals surface area (Å²) in [6, 6.07) is 9.50. The molecule has 0 bridgehead atoms. The molecule has 160 valence electrons. The first-order chi connectivity index (χ1) is 13.6. The molecule has 1 spiro atoms. The molecule has 2 heterocycles. The molecule has 0 aromatic heterocycles. The van der Waals surface area contributed by atoms with Crippen LogP contribution in [0.4, 0.5) is 4.79 Å². The van der Waals surface area contributed by atoms with Gasteiger partial charge in [0.1, 0.15) is 5.60 Å². The zero-order valence-electron chi connectivity index (χ0n) is 18.5. The van der Waals surface area contributed by atoms with Crippen LogP contribution in [0.25, 0.3) is 0 Å². The number of hydrogen-bond acceptors (Lipinski definition) is 4. The number of benzene rings is 1. The molecule has 4 rings (SSSR count). The largest absolute Gasteiger partial charge is 0.444 e. The van der Waals surface area contributed by atoms with Crippen LogP contribution < -0.4 is 5.73 Å². The summed E-state index contributed by atoms with van der Waals surface area (Å²) >= 11 is 0. The van der Waals surface area contributed by atoms with Crippen molar-refractivity contribution in [2.24, 2.45) is 17.1 Å². The van der Waals surface area contributed by atoms with Gasteiger partial charge >= 0.3 is 6.09 Å². The second-order valence-corrected chi connectivity index (χ2v) is 10.7. The van der Waals surface area contributed by atoms with Gasteiger partial charge in [-0.2, -0.15) is 0 Å². The maximum atomic E-state index is 12.4. The van der Waals surface area contributed by atoms with E-state index in [0.29, 0.717) is 6.04 Å². The van der Waals surface area contributed by atoms with Crippen molar-refractivity contribution < 1.29 is 9.53 Å². The van der Waals surface area contributed by atoms with Crippen LogP contribution in [0, 0.1) is 11.3 Å². The third kappa shape index (κ3) is 4.77. The van der Waals surface area contributed by atoms with Crippen molar-refractivity contribution in [3.8, 4) is 0 Å². The molecule has 29 heavy (non-hydrogen) atoms. The van der Waals surface area contributed by atoms with E-state index in [1.54, 1.807) is 0 Å². The van der Waals surface area contributed by atoms with E-state index in [1.807, 2.05) is 32.6 Å². The lowest BCUT2D eigenvalue weighted by molar-refractivity contribution is -0.0321. The molecule has 3 fully saturated rings. The number of nitrogens with zero attached hydrogens (tertiary/aromatic N) is 2. The van der Waals surface area contributed by atoms with Crippen molar-refractivity contribution in [3.63, 3.8) is 0 Å². The summed E-state index contributed by atoms with van der Waals surface area (Å²) in [5, 5.41) is 0. The second-order valence-electron chi connectivity index (χ2n) is 10.7. The molecule has 1 aromatic rings. The van der Waals surface area contributed by atoms with Crippen LogP contribution >= 0.6 is 0 Å². The van der Waals surface area contributed by atoms with E-state index >= 15 is 0 Å². The highest BCUT2D eigenvalue weighted by Gasteiger charge is 2.51. The quantitative estimate of drug-likeness (QED) is 0.792. The molecule has 1 aromatic carbocycles. The van der Waals surface area contributed by atoms with E-state index < -0.39 is 5.60 Å². The molecular weight excluding hydrogens is 362 g/mol. The van der Waals surface area contributed by atoms with E-state index in [-0.39, 0.29) is 17.6 Å². The smallest absolute Gasteiger partial charge is 0.410 e. The van der Waals surface area contributed by atoms with E-state index in [9.17, 15) is 4.79 Å². The van der Waals surface area contributed by atoms with Gasteiger partial charge in [-0.05, 0) is 57.6 Å². The summed E-state index contributed by atoms with van der Waals surface area (Å²) < 4.78 is 5.58. The van der Waals surface area contributed by atoms with Gasteiger partial charge in [-0.1, -0.05) is 37.1 Å². The van der Waals surface area contributed by atoms with Crippen LogP contribution in [-0.2, 0) is 4.74 Å². The SMILES string of the molecule is C[C@H](N)c1ccc(C(CC2CC2)N2CC3(CCN(C(=O)OC(C)(C)C)C3)C2)cc1. The monoisotopic (exact) mass is 399 g/mol. The molecule has 1 saturated carbocycles. The summed E-state index contributed by atoms with van der Waals surface area (Å²) in [6.07, 6.45) is 4.93. The lowest BCUT2D eigenvalue weighted by Crippen LogP contribution is -2.58. The first kappa shape index (κ1) is 20.7. The highest BCUT2D eigenvalue weighted by atomic mass is 16.6. The van der Waals surface area contributed by atoms with Crippen molar-refractivity contribution >= 4 is 6.09 Å². The number of rotatable bonds is 5. The van der Waals surface area contributed by atoms with E-state index in [4.69, 9.17) is 10.5 Å². The maximum absolute atomic E-state index is 12.4. The van der Waals surface area contributed by atoms with Crippen LogP contribution in [0.2, 0.25) is 0 Å². The highest BCUT2D eigenvalue weighted by Crippen LogP contribution is 2.48. The Bertz CT molecular complexity index is 727. The van der Waals surface area contributed by atoms with Crippen LogP contribution in [0.5, 0.6) is 0 Å². The minimum Gasteiger partial charge on any atom is -0.444 e. The second kappa shape index (κ2) is 7.59. The summed E-state index contributed by atoms with van der Waals surface area (Å²) in [4.78, 5) is 17.0. The van der Waals surface area contributed by atoms with Crippen LogP contribution in [0.15, 0.2) is 24.3 Å². The number of carbonyl (C=O) groups excluding carboxylic acids is 1. The minimum absolute atomic E-state index is 0.0792. The zero-order chi connectivity index (χ0) is 20.8. The van der Waals surface area contributed by atoms with Gasteiger partial charge in [0.05, 0.1) is 0 Å². The summed E-state index contributed by atoms with van der Waals surface area (Å²) in [5.74, 6) is 0.881. The van der Waals surface area contributed by atoms with Gasteiger partial charge < -0.3 is 15.4 Å². The highest BCUT2D eigenvalue weighted by molar-refractivity contribution is 5.68. The molecule has 2 atom stereocenters. The Morgan fingerprint density at radius 2 is 1.79 bits per heavy atom. The Morgan fingerprint density at radius 3 is 2.34 bits per heavy atom. The average Bonchev–Trinajstić information content (AvgIpc) is 3.32. The predicted molar refractivity (Wildman–Crippen MR) is 116 cm³/mol. The van der Waals surface area contributed by atoms with Gasteiger partial charge in [0, 0.05) is 43.7 Å². The summed E-state index contributed by atoms with van der Waals surface area (Å²) in [6.45, 7) is 11.6. The van der Waals surface area contributed by atoms with Gasteiger partial charge in [-0.15, -0.1) is 0 Å². The average molecular weight is 400 g/mol. The molecule has 2 N–H and O–H groups in total. The minimum atomic E-state index is -0.430. The van der Waals surface area contributed by atoms with Gasteiger partial charge in [0.2, 0.25) is 0 Å². The Morgan fingerprint density at radius 1 is 1.17 bits per heavy atom. The van der Waals surface area contributed by atoms with E-state index in [0.717, 1.165) is 38.5 Å². The Kier molecular flexibility index (Phi) is 5.41. The Hall–Kier alpha value is -1.59. The van der Waals surface area contributed by atoms with Gasteiger partial charge in [0.15, 0.2) is 0 Å². The fourth-order valence-corrected chi connectivity index (χ4v) is 4.90. The predicted octanol–water partition coefficient (Wildman–Crippen LogP) is 4.49. The maximum Gasteiger partial charge on any atom is 0.410 e. The Balaban J connectivity index is 1.39. The number of hydrogen-bond donors (Lipinski definition) is 1. The molecule has 1 unspecified atom stereocenters. The van der Waals surface area contributed by atoms with Crippen LogP contribution in [0.1, 0.15) is 76.6 Å². The summed E-state index contributed by atoms with van der Waals surface area (Å²) in [5.41, 5.74) is 8.47. The lowest BCUT2D eigenvalue weighted by atomic mass is 9.77. The number of ether oxygens (including phenoxy) is 1. The Labute approximate surface area is 175 Å². The molecule has 5 nitrogen and oxygen atoms in total. The third-order valence-electron chi connectivity index (χ3n) is 6.71. The van der Waals surface area contributed by atoms with Crippen molar-refractivity contribution in [1.29, 1.82) is 0 Å². The zero-order valence-corrected chi connectivity index (χ0v) is 18.5. The van der Waals surface area contributed by atoms with Gasteiger partial charge in [-0.25, -0.2) is 4.79 Å². The van der Waals surface area contributed by atoms with Gasteiger partial charge in [-0.3, -0.25) is 4.90 Å². The molecular formula is C24H37N3O2. The first-order valence-electron chi connectivity index (χ1n) is 11.2. The standard InChI is InChI=1S/C24H37N3O2/c1-17(25)19-7-9-20(10-8-19)21(13-18-5-6-18)27-15-24(16-27)11-12-26(14-24)22(28)29-23(2,3)4/h7-10,17-18,21H,5-6,11-16,25H2,1-4H3/t17-,21?/m0/s1. The lowest BCUT2D eigenvalue weighted by Gasteiger charge is -2.52. The van der Waals surface area contributed by atoms with Crippen molar-refractivity contribution in [2.45, 2.75) is 71.1 Å². The number of likely N-dealkylation sites (tertiary alicyclic amines) is 2. The van der Waals surface area contributed by atoms with Crippen LogP contribution in [-0.4, -0.2) is 47.7 Å². The molecule has 2 saturated heterocycles. The molecule has 3 aliphatic rings. The number of carbonyl (C=O) groups is 1. The van der Waals surface area contributed by atoms with Crippen molar-refractivity contribution in [2.75, 3.05) is 26.2 Å². The molecule has 0 radical (unpaired) electrons.